The summed E-state index contributed by atoms with van der Waals surface area (Å²) in [6.07, 6.45) is 1.06. The summed E-state index contributed by atoms with van der Waals surface area (Å²) in [5.74, 6) is 1.50. The molecular weight excluding hydrogens is 324 g/mol. The van der Waals surface area contributed by atoms with Crippen LogP contribution in [0.5, 0.6) is 0 Å². The second-order valence-electron chi connectivity index (χ2n) is 6.92. The molecule has 130 valence electrons. The topological polar surface area (TPSA) is 69.3 Å². The Morgan fingerprint density at radius 2 is 1.88 bits per heavy atom. The quantitative estimate of drug-likeness (QED) is 0.901. The molecule has 2 fully saturated rings. The highest BCUT2D eigenvalue weighted by Gasteiger charge is 2.46. The maximum atomic E-state index is 12.2. The second kappa shape index (κ2) is 6.13. The molecule has 2 unspecified atom stereocenters. The summed E-state index contributed by atoms with van der Waals surface area (Å²) >= 11 is 0. The number of imidazole rings is 1. The molecule has 7 heteroatoms. The molecule has 3 heterocycles. The minimum Gasteiger partial charge on any atom is -0.341 e. The molecule has 24 heavy (non-hydrogen) atoms. The zero-order chi connectivity index (χ0) is 16.7. The summed E-state index contributed by atoms with van der Waals surface area (Å²) in [6, 6.07) is 8.21. The fraction of sp³-hybridized carbons (Fsp3) is 0.588. The number of rotatable bonds is 4. The third-order valence-corrected chi connectivity index (χ3v) is 6.91. The first-order chi connectivity index (χ1) is 11.6. The molecule has 0 saturated carbocycles. The molecule has 0 amide bonds. The van der Waals surface area contributed by atoms with Crippen molar-refractivity contribution in [1.82, 2.24) is 19.8 Å². The van der Waals surface area contributed by atoms with Crippen LogP contribution in [0.25, 0.3) is 11.0 Å². The van der Waals surface area contributed by atoms with Crippen molar-refractivity contribution in [3.05, 3.63) is 30.1 Å². The zero-order valence-electron chi connectivity index (χ0n) is 14.0. The number of aromatic amines is 1. The van der Waals surface area contributed by atoms with E-state index in [-0.39, 0.29) is 17.8 Å². The van der Waals surface area contributed by atoms with Gasteiger partial charge in [0.15, 0.2) is 9.84 Å². The number of para-hydroxylation sites is 2. The molecule has 4 rings (SSSR count). The predicted octanol–water partition coefficient (Wildman–Crippen LogP) is 1.26. The average molecular weight is 348 g/mol. The van der Waals surface area contributed by atoms with Gasteiger partial charge in [0, 0.05) is 25.2 Å². The molecule has 1 N–H and O–H groups in total. The third kappa shape index (κ3) is 2.96. The van der Waals surface area contributed by atoms with Crippen LogP contribution < -0.4 is 0 Å². The lowest BCUT2D eigenvalue weighted by Gasteiger charge is -2.43. The third-order valence-electron chi connectivity index (χ3n) is 5.21. The summed E-state index contributed by atoms with van der Waals surface area (Å²) in [7, 11) is -2.94. The van der Waals surface area contributed by atoms with Gasteiger partial charge >= 0.3 is 0 Å². The highest BCUT2D eigenvalue weighted by Crippen LogP contribution is 2.28. The van der Waals surface area contributed by atoms with Crippen molar-refractivity contribution in [2.75, 3.05) is 31.1 Å². The number of hydrogen-bond acceptors (Lipinski definition) is 5. The van der Waals surface area contributed by atoms with Gasteiger partial charge in [0.2, 0.25) is 0 Å². The average Bonchev–Trinajstić information content (AvgIpc) is 3.09. The van der Waals surface area contributed by atoms with Gasteiger partial charge in [-0.25, -0.2) is 13.4 Å². The minimum absolute atomic E-state index is 0.0866. The molecule has 1 aromatic heterocycles. The van der Waals surface area contributed by atoms with Crippen molar-refractivity contribution >= 4 is 20.9 Å². The molecule has 2 aliphatic heterocycles. The van der Waals surface area contributed by atoms with Gasteiger partial charge in [-0.05, 0) is 25.1 Å². The maximum absolute atomic E-state index is 12.2. The number of fused-ring (bicyclic) bond motifs is 2. The molecule has 2 aromatic rings. The van der Waals surface area contributed by atoms with E-state index in [1.165, 1.54) is 0 Å². The fourth-order valence-corrected chi connectivity index (χ4v) is 6.17. The van der Waals surface area contributed by atoms with Crippen LogP contribution in [-0.2, 0) is 16.4 Å². The van der Waals surface area contributed by atoms with Gasteiger partial charge < -0.3 is 4.98 Å². The van der Waals surface area contributed by atoms with Crippen LogP contribution in [-0.4, -0.2) is 71.4 Å². The van der Waals surface area contributed by atoms with Gasteiger partial charge in [-0.1, -0.05) is 19.1 Å². The molecule has 0 bridgehead atoms. The monoisotopic (exact) mass is 348 g/mol. The number of sulfone groups is 1. The first kappa shape index (κ1) is 16.1. The lowest BCUT2D eigenvalue weighted by molar-refractivity contribution is 0.0392. The number of nitrogens with zero attached hydrogens (tertiary/aromatic N) is 3. The van der Waals surface area contributed by atoms with Gasteiger partial charge in [0.25, 0.3) is 0 Å². The van der Waals surface area contributed by atoms with Crippen molar-refractivity contribution in [3.63, 3.8) is 0 Å². The van der Waals surface area contributed by atoms with Crippen molar-refractivity contribution in [2.24, 2.45) is 0 Å². The molecule has 0 spiro atoms. The van der Waals surface area contributed by atoms with Crippen LogP contribution >= 0.6 is 0 Å². The highest BCUT2D eigenvalue weighted by molar-refractivity contribution is 7.91. The Labute approximate surface area is 142 Å². The van der Waals surface area contributed by atoms with Gasteiger partial charge in [0.05, 0.1) is 29.1 Å². The van der Waals surface area contributed by atoms with Crippen molar-refractivity contribution in [3.8, 4) is 0 Å². The smallest absolute Gasteiger partial charge is 0.153 e. The number of nitrogens with one attached hydrogen (secondary N) is 1. The molecule has 2 atom stereocenters. The Bertz CT molecular complexity index is 799. The Hall–Kier alpha value is -1.44. The minimum atomic E-state index is -2.94. The summed E-state index contributed by atoms with van der Waals surface area (Å²) in [6.45, 7) is 5.65. The summed E-state index contributed by atoms with van der Waals surface area (Å²) in [4.78, 5) is 12.7. The summed E-state index contributed by atoms with van der Waals surface area (Å²) < 4.78 is 24.4. The molecule has 0 aliphatic carbocycles. The van der Waals surface area contributed by atoms with Crippen LogP contribution in [0.1, 0.15) is 19.2 Å². The number of piperazine rings is 1. The lowest BCUT2D eigenvalue weighted by Crippen LogP contribution is -2.58. The van der Waals surface area contributed by atoms with E-state index in [4.69, 9.17) is 0 Å². The number of hydrogen-bond donors (Lipinski definition) is 1. The van der Waals surface area contributed by atoms with Gasteiger partial charge in [-0.3, -0.25) is 9.80 Å². The first-order valence-corrected chi connectivity index (χ1v) is 10.5. The van der Waals surface area contributed by atoms with E-state index in [0.29, 0.717) is 12.3 Å². The lowest BCUT2D eigenvalue weighted by atomic mass is 10.0. The number of aromatic nitrogens is 2. The normalized spacial score (nSPS) is 27.5. The van der Waals surface area contributed by atoms with E-state index >= 15 is 0 Å². The van der Waals surface area contributed by atoms with Crippen LogP contribution in [0.4, 0.5) is 0 Å². The standard InChI is InChI=1S/C17H24N4O2S/c1-2-7-20-8-9-21(16-12-24(22,23)11-15(16)20)10-17-18-13-5-3-4-6-14(13)19-17/h3-6,15-16H,2,7-12H2,1H3,(H,18,19). The Balaban J connectivity index is 1.57. The van der Waals surface area contributed by atoms with Crippen LogP contribution in [0.15, 0.2) is 24.3 Å². The molecule has 0 radical (unpaired) electrons. The summed E-state index contributed by atoms with van der Waals surface area (Å²) in [5, 5.41) is 0. The van der Waals surface area contributed by atoms with Crippen LogP contribution in [0.2, 0.25) is 0 Å². The van der Waals surface area contributed by atoms with Gasteiger partial charge in [0.1, 0.15) is 5.82 Å². The van der Waals surface area contributed by atoms with E-state index < -0.39 is 9.84 Å². The van der Waals surface area contributed by atoms with E-state index in [9.17, 15) is 8.42 Å². The van der Waals surface area contributed by atoms with Crippen LogP contribution in [0, 0.1) is 0 Å². The van der Waals surface area contributed by atoms with Crippen LogP contribution in [0.3, 0.4) is 0 Å². The van der Waals surface area contributed by atoms with E-state index in [1.807, 2.05) is 24.3 Å². The molecule has 2 saturated heterocycles. The fourth-order valence-electron chi connectivity index (χ4n) is 4.13. The molecular formula is C17H24N4O2S. The SMILES string of the molecule is CCCN1CCN(Cc2nc3ccccc3[nH]2)C2CS(=O)(=O)CC21. The van der Waals surface area contributed by atoms with Gasteiger partial charge in [-0.15, -0.1) is 0 Å². The molecule has 6 nitrogen and oxygen atoms in total. The van der Waals surface area contributed by atoms with E-state index in [2.05, 4.69) is 26.7 Å². The Morgan fingerprint density at radius 3 is 2.62 bits per heavy atom. The molecule has 1 aromatic carbocycles. The zero-order valence-corrected chi connectivity index (χ0v) is 14.8. The number of benzene rings is 1. The molecule has 2 aliphatic rings. The van der Waals surface area contributed by atoms with Crippen molar-refractivity contribution < 1.29 is 8.42 Å². The number of H-pyrrole nitrogens is 1. The van der Waals surface area contributed by atoms with E-state index in [0.717, 1.165) is 42.9 Å². The predicted molar refractivity (Wildman–Crippen MR) is 94.6 cm³/mol. The van der Waals surface area contributed by atoms with Gasteiger partial charge in [-0.2, -0.15) is 0 Å². The highest BCUT2D eigenvalue weighted by atomic mass is 32.2. The van der Waals surface area contributed by atoms with Crippen molar-refractivity contribution in [2.45, 2.75) is 32.0 Å². The first-order valence-electron chi connectivity index (χ1n) is 8.68. The summed E-state index contributed by atoms with van der Waals surface area (Å²) in [5.41, 5.74) is 2.00. The second-order valence-corrected chi connectivity index (χ2v) is 9.07. The van der Waals surface area contributed by atoms with E-state index in [1.54, 1.807) is 0 Å². The maximum Gasteiger partial charge on any atom is 0.153 e. The Kier molecular flexibility index (Phi) is 4.10. The largest absolute Gasteiger partial charge is 0.341 e. The van der Waals surface area contributed by atoms with Crippen molar-refractivity contribution in [1.29, 1.82) is 0 Å². The Morgan fingerprint density at radius 1 is 1.17 bits per heavy atom.